The third-order valence-corrected chi connectivity index (χ3v) is 5.99. The van der Waals surface area contributed by atoms with Crippen LogP contribution in [-0.2, 0) is 16.0 Å². The molecular weight excluding hydrogens is 407 g/mol. The van der Waals surface area contributed by atoms with Crippen molar-refractivity contribution in [2.45, 2.75) is 32.6 Å². The number of imidazole rings is 1. The van der Waals surface area contributed by atoms with Gasteiger partial charge in [-0.05, 0) is 49.9 Å². The van der Waals surface area contributed by atoms with Crippen LogP contribution in [-0.4, -0.2) is 39.4 Å². The number of rotatable bonds is 6. The van der Waals surface area contributed by atoms with Crippen LogP contribution in [0.15, 0.2) is 60.9 Å². The predicted octanol–water partition coefficient (Wildman–Crippen LogP) is 4.13. The maximum absolute atomic E-state index is 14.6. The largest absolute Gasteiger partial charge is 0.343 e. The van der Waals surface area contributed by atoms with E-state index in [1.807, 2.05) is 35.2 Å². The summed E-state index contributed by atoms with van der Waals surface area (Å²) in [5.74, 6) is 0.0628. The van der Waals surface area contributed by atoms with Crippen molar-refractivity contribution in [3.05, 3.63) is 78.1 Å². The van der Waals surface area contributed by atoms with Crippen LogP contribution in [0.1, 0.15) is 30.7 Å². The van der Waals surface area contributed by atoms with E-state index in [-0.39, 0.29) is 17.7 Å². The van der Waals surface area contributed by atoms with Gasteiger partial charge in [-0.15, -0.1) is 0 Å². The molecular formula is C25H27FN4O2. The molecule has 0 spiro atoms. The van der Waals surface area contributed by atoms with Crippen LogP contribution in [0.25, 0.3) is 5.69 Å². The number of likely N-dealkylation sites (tertiary alicyclic amines) is 1. The van der Waals surface area contributed by atoms with Crippen LogP contribution >= 0.6 is 0 Å². The van der Waals surface area contributed by atoms with E-state index in [2.05, 4.69) is 10.3 Å². The van der Waals surface area contributed by atoms with Crippen molar-refractivity contribution in [3.63, 3.8) is 0 Å². The number of carbonyl (C=O) groups excluding carboxylic acids is 2. The molecule has 0 radical (unpaired) electrons. The van der Waals surface area contributed by atoms with Crippen molar-refractivity contribution in [2.75, 3.05) is 18.4 Å². The smallest absolute Gasteiger partial charge is 0.227 e. The number of aryl methyl sites for hydroxylation is 2. The first kappa shape index (κ1) is 21.7. The van der Waals surface area contributed by atoms with E-state index in [0.29, 0.717) is 49.6 Å². The lowest BCUT2D eigenvalue weighted by molar-refractivity contribution is -0.134. The Hall–Kier alpha value is -3.48. The molecule has 2 heterocycles. The fourth-order valence-electron chi connectivity index (χ4n) is 4.10. The Morgan fingerprint density at radius 3 is 2.53 bits per heavy atom. The molecule has 6 nitrogen and oxygen atoms in total. The maximum atomic E-state index is 14.6. The highest BCUT2D eigenvalue weighted by Crippen LogP contribution is 2.23. The standard InChI is InChI=1S/C25H27FN4O2/c1-18-27-13-16-30(18)23-9-8-21(17-22(23)26)28-25(32)20-11-14-29(15-12-20)24(31)10-7-19-5-3-2-4-6-19/h2-6,8-9,13,16-17,20H,7,10-12,14-15H2,1H3,(H,28,32). The number of nitrogens with zero attached hydrogens (tertiary/aromatic N) is 3. The molecule has 0 aliphatic carbocycles. The number of hydrogen-bond donors (Lipinski definition) is 1. The van der Waals surface area contributed by atoms with Gasteiger partial charge in [-0.2, -0.15) is 0 Å². The normalized spacial score (nSPS) is 14.4. The quantitative estimate of drug-likeness (QED) is 0.634. The van der Waals surface area contributed by atoms with Gasteiger partial charge in [0.05, 0.1) is 5.69 Å². The van der Waals surface area contributed by atoms with Gasteiger partial charge in [0, 0.05) is 43.5 Å². The summed E-state index contributed by atoms with van der Waals surface area (Å²) in [7, 11) is 0. The summed E-state index contributed by atoms with van der Waals surface area (Å²) in [6.45, 7) is 2.94. The molecule has 1 saturated heterocycles. The third kappa shape index (κ3) is 5.04. The highest BCUT2D eigenvalue weighted by atomic mass is 19.1. The summed E-state index contributed by atoms with van der Waals surface area (Å²) in [4.78, 5) is 31.1. The van der Waals surface area contributed by atoms with E-state index in [9.17, 15) is 14.0 Å². The van der Waals surface area contributed by atoms with Crippen molar-refractivity contribution in [3.8, 4) is 5.69 Å². The number of nitrogens with one attached hydrogen (secondary N) is 1. The van der Waals surface area contributed by atoms with E-state index in [0.717, 1.165) is 12.0 Å². The van der Waals surface area contributed by atoms with Gasteiger partial charge >= 0.3 is 0 Å². The summed E-state index contributed by atoms with van der Waals surface area (Å²) in [6, 6.07) is 14.6. The number of aromatic nitrogens is 2. The van der Waals surface area contributed by atoms with E-state index in [1.165, 1.54) is 6.07 Å². The lowest BCUT2D eigenvalue weighted by Gasteiger charge is -2.31. The average Bonchev–Trinajstić information content (AvgIpc) is 3.24. The molecule has 3 aromatic rings. The monoisotopic (exact) mass is 434 g/mol. The van der Waals surface area contributed by atoms with E-state index in [1.54, 1.807) is 36.0 Å². The molecule has 0 atom stereocenters. The van der Waals surface area contributed by atoms with Crippen LogP contribution < -0.4 is 5.32 Å². The Bertz CT molecular complexity index is 1090. The summed E-state index contributed by atoms with van der Waals surface area (Å²) < 4.78 is 16.2. The molecule has 4 rings (SSSR count). The molecule has 166 valence electrons. The minimum atomic E-state index is -0.428. The number of anilines is 1. The predicted molar refractivity (Wildman–Crippen MR) is 121 cm³/mol. The number of amides is 2. The van der Waals surface area contributed by atoms with Crippen molar-refractivity contribution < 1.29 is 14.0 Å². The fraction of sp³-hybridized carbons (Fsp3) is 0.320. The Morgan fingerprint density at radius 2 is 1.88 bits per heavy atom. The summed E-state index contributed by atoms with van der Waals surface area (Å²) in [5, 5.41) is 2.82. The second-order valence-electron chi connectivity index (χ2n) is 8.14. The molecule has 1 aromatic heterocycles. The van der Waals surface area contributed by atoms with Gasteiger partial charge in [0.1, 0.15) is 11.6 Å². The van der Waals surface area contributed by atoms with Crippen LogP contribution in [0.3, 0.4) is 0 Å². The van der Waals surface area contributed by atoms with Gasteiger partial charge < -0.3 is 14.8 Å². The van der Waals surface area contributed by atoms with Crippen LogP contribution in [0.2, 0.25) is 0 Å². The first-order valence-corrected chi connectivity index (χ1v) is 10.9. The molecule has 1 N–H and O–H groups in total. The molecule has 7 heteroatoms. The number of carbonyl (C=O) groups is 2. The minimum absolute atomic E-state index is 0.125. The molecule has 0 saturated carbocycles. The highest BCUT2D eigenvalue weighted by Gasteiger charge is 2.27. The van der Waals surface area contributed by atoms with Crippen molar-refractivity contribution in [1.29, 1.82) is 0 Å². The van der Waals surface area contributed by atoms with Crippen molar-refractivity contribution >= 4 is 17.5 Å². The SMILES string of the molecule is Cc1nccn1-c1ccc(NC(=O)C2CCN(C(=O)CCc3ccccc3)CC2)cc1F. The Morgan fingerprint density at radius 1 is 1.12 bits per heavy atom. The van der Waals surface area contributed by atoms with Crippen molar-refractivity contribution in [2.24, 2.45) is 5.92 Å². The van der Waals surface area contributed by atoms with Gasteiger partial charge in [-0.3, -0.25) is 9.59 Å². The molecule has 0 bridgehead atoms. The fourth-order valence-corrected chi connectivity index (χ4v) is 4.10. The molecule has 2 aromatic carbocycles. The topological polar surface area (TPSA) is 67.2 Å². The van der Waals surface area contributed by atoms with Gasteiger partial charge in [0.15, 0.2) is 0 Å². The molecule has 1 aliphatic heterocycles. The van der Waals surface area contributed by atoms with E-state index < -0.39 is 5.82 Å². The van der Waals surface area contributed by atoms with Crippen LogP contribution in [0.4, 0.5) is 10.1 Å². The molecule has 1 fully saturated rings. The van der Waals surface area contributed by atoms with Gasteiger partial charge in [0.2, 0.25) is 11.8 Å². The second kappa shape index (κ2) is 9.77. The first-order chi connectivity index (χ1) is 15.5. The molecule has 2 amide bonds. The van der Waals surface area contributed by atoms with Gasteiger partial charge in [-0.25, -0.2) is 9.37 Å². The summed E-state index contributed by atoms with van der Waals surface area (Å²) in [5.41, 5.74) is 1.97. The van der Waals surface area contributed by atoms with E-state index >= 15 is 0 Å². The second-order valence-corrected chi connectivity index (χ2v) is 8.14. The Balaban J connectivity index is 1.28. The zero-order valence-corrected chi connectivity index (χ0v) is 18.1. The summed E-state index contributed by atoms with van der Waals surface area (Å²) >= 11 is 0. The Kier molecular flexibility index (Phi) is 6.63. The minimum Gasteiger partial charge on any atom is -0.343 e. The van der Waals surface area contributed by atoms with Crippen molar-refractivity contribution in [1.82, 2.24) is 14.5 Å². The van der Waals surface area contributed by atoms with Crippen LogP contribution in [0.5, 0.6) is 0 Å². The highest BCUT2D eigenvalue weighted by molar-refractivity contribution is 5.92. The number of benzene rings is 2. The lowest BCUT2D eigenvalue weighted by atomic mass is 9.95. The number of hydrogen-bond acceptors (Lipinski definition) is 3. The zero-order chi connectivity index (χ0) is 22.5. The van der Waals surface area contributed by atoms with Crippen LogP contribution in [0, 0.1) is 18.7 Å². The average molecular weight is 435 g/mol. The van der Waals surface area contributed by atoms with E-state index in [4.69, 9.17) is 0 Å². The molecule has 32 heavy (non-hydrogen) atoms. The van der Waals surface area contributed by atoms with Gasteiger partial charge in [-0.1, -0.05) is 30.3 Å². The molecule has 0 unspecified atom stereocenters. The number of halogens is 1. The maximum Gasteiger partial charge on any atom is 0.227 e. The lowest BCUT2D eigenvalue weighted by Crippen LogP contribution is -2.41. The third-order valence-electron chi connectivity index (χ3n) is 5.99. The summed E-state index contributed by atoms with van der Waals surface area (Å²) in [6.07, 6.45) is 5.72. The molecule has 1 aliphatic rings. The first-order valence-electron chi connectivity index (χ1n) is 10.9. The number of piperidine rings is 1. The zero-order valence-electron chi connectivity index (χ0n) is 18.1. The Labute approximate surface area is 187 Å². The van der Waals surface area contributed by atoms with Gasteiger partial charge in [0.25, 0.3) is 0 Å².